The molecule has 1 aliphatic rings. The molecule has 4 aromatic rings. The maximum Gasteiger partial charge on any atom is 0.247 e. The second-order valence-corrected chi connectivity index (χ2v) is 10.1. The predicted octanol–water partition coefficient (Wildman–Crippen LogP) is 3.76. The molecule has 1 fully saturated rings. The van der Waals surface area contributed by atoms with Crippen LogP contribution in [0.5, 0.6) is 5.75 Å². The summed E-state index contributed by atoms with van der Waals surface area (Å²) in [5, 5.41) is 8.01. The number of ether oxygens (including phenoxy) is 1. The molecule has 9 nitrogen and oxygen atoms in total. The van der Waals surface area contributed by atoms with Crippen molar-refractivity contribution in [2.45, 2.75) is 32.6 Å². The molecule has 0 saturated carbocycles. The number of methoxy groups -OCH3 is 1. The second kappa shape index (κ2) is 9.19. The lowest BCUT2D eigenvalue weighted by Gasteiger charge is -2.30. The molecule has 1 aliphatic heterocycles. The summed E-state index contributed by atoms with van der Waals surface area (Å²) in [6, 6.07) is 8.11. The number of benzene rings is 1. The van der Waals surface area contributed by atoms with Gasteiger partial charge in [0.05, 0.1) is 35.8 Å². The van der Waals surface area contributed by atoms with Gasteiger partial charge in [-0.25, -0.2) is 18.0 Å². The molecule has 1 atom stereocenters. The van der Waals surface area contributed by atoms with Crippen LogP contribution >= 0.6 is 0 Å². The van der Waals surface area contributed by atoms with E-state index >= 15 is 0 Å². The highest BCUT2D eigenvalue weighted by atomic mass is 32.2. The normalized spacial score (nSPS) is 16.1. The third kappa shape index (κ3) is 4.43. The van der Waals surface area contributed by atoms with Crippen molar-refractivity contribution in [1.29, 1.82) is 0 Å². The molecule has 1 aromatic carbocycles. The topological polar surface area (TPSA) is 89.6 Å². The zero-order valence-electron chi connectivity index (χ0n) is 19.9. The molecule has 3 aromatic heterocycles. The van der Waals surface area contributed by atoms with Gasteiger partial charge in [-0.05, 0) is 50.3 Å². The van der Waals surface area contributed by atoms with Crippen molar-refractivity contribution in [2.75, 3.05) is 31.8 Å². The van der Waals surface area contributed by atoms with Gasteiger partial charge in [-0.1, -0.05) is 6.07 Å². The molecule has 0 spiro atoms. The third-order valence-electron chi connectivity index (χ3n) is 6.28. The molecule has 0 radical (unpaired) electrons. The van der Waals surface area contributed by atoms with Crippen LogP contribution in [0.25, 0.3) is 11.3 Å². The highest BCUT2D eigenvalue weighted by molar-refractivity contribution is 7.81. The van der Waals surface area contributed by atoms with Gasteiger partial charge in [0.1, 0.15) is 5.75 Å². The van der Waals surface area contributed by atoms with Crippen LogP contribution in [-0.2, 0) is 11.0 Å². The molecule has 34 heavy (non-hydrogen) atoms. The molecule has 4 heterocycles. The van der Waals surface area contributed by atoms with Gasteiger partial charge in [0, 0.05) is 49.1 Å². The number of hydrogen-bond acceptors (Lipinski definition) is 6. The first-order valence-electron chi connectivity index (χ1n) is 11.3. The fourth-order valence-electron chi connectivity index (χ4n) is 4.58. The minimum absolute atomic E-state index is 0.372. The fourth-order valence-corrected chi connectivity index (χ4v) is 5.30. The number of pyridine rings is 1. The van der Waals surface area contributed by atoms with Crippen LogP contribution in [0.4, 0.5) is 11.6 Å². The summed E-state index contributed by atoms with van der Waals surface area (Å²) in [4.78, 5) is 9.13. The maximum absolute atomic E-state index is 11.8. The number of imidazole rings is 1. The van der Waals surface area contributed by atoms with E-state index in [1.54, 1.807) is 19.7 Å². The molecule has 1 N–H and O–H groups in total. The van der Waals surface area contributed by atoms with Crippen LogP contribution in [0.1, 0.15) is 35.6 Å². The van der Waals surface area contributed by atoms with Gasteiger partial charge >= 0.3 is 0 Å². The molecule has 0 aliphatic carbocycles. The monoisotopic (exact) mass is 479 g/mol. The van der Waals surface area contributed by atoms with Gasteiger partial charge in [-0.2, -0.15) is 4.98 Å². The zero-order valence-corrected chi connectivity index (χ0v) is 20.7. The second-order valence-electron chi connectivity index (χ2n) is 8.74. The highest BCUT2D eigenvalue weighted by Gasteiger charge is 2.25. The quantitative estimate of drug-likeness (QED) is 0.453. The molecule has 178 valence electrons. The van der Waals surface area contributed by atoms with Crippen molar-refractivity contribution in [3.05, 3.63) is 59.8 Å². The zero-order chi connectivity index (χ0) is 23.8. The van der Waals surface area contributed by atoms with E-state index in [0.29, 0.717) is 11.9 Å². The van der Waals surface area contributed by atoms with Crippen molar-refractivity contribution >= 4 is 28.3 Å². The van der Waals surface area contributed by atoms with E-state index in [0.717, 1.165) is 60.0 Å². The predicted molar refractivity (Wildman–Crippen MR) is 133 cm³/mol. The molecule has 10 heteroatoms. The van der Waals surface area contributed by atoms with Crippen LogP contribution in [0.2, 0.25) is 0 Å². The summed E-state index contributed by atoms with van der Waals surface area (Å²) >= 11 is 0. The summed E-state index contributed by atoms with van der Waals surface area (Å²) in [6.45, 7) is 5.69. The number of nitrogens with one attached hydrogen (secondary N) is 1. The lowest BCUT2D eigenvalue weighted by Crippen LogP contribution is -2.34. The van der Waals surface area contributed by atoms with Gasteiger partial charge in [-0.15, -0.1) is 5.10 Å². The minimum atomic E-state index is -0.914. The fraction of sp³-hybridized carbons (Fsp3) is 0.375. The number of fused-ring (bicyclic) bond motifs is 1. The Labute approximate surface area is 201 Å². The van der Waals surface area contributed by atoms with E-state index in [9.17, 15) is 4.21 Å². The first kappa shape index (κ1) is 22.5. The first-order valence-corrected chi connectivity index (χ1v) is 12.8. The lowest BCUT2D eigenvalue weighted by molar-refractivity contribution is 0.336. The average Bonchev–Trinajstić information content (AvgIpc) is 3.44. The number of rotatable bonds is 6. The van der Waals surface area contributed by atoms with Crippen LogP contribution in [-0.4, -0.2) is 59.1 Å². The van der Waals surface area contributed by atoms with Crippen LogP contribution in [0, 0.1) is 13.8 Å². The number of piperidine rings is 1. The standard InChI is InChI=1S/C24H29N7O2S/c1-16-11-20(18-7-9-30(10-8-18)34(4)32)23-27-24(28-31(23)13-16)26-19-5-6-21(22(12-19)33-3)29-14-17(2)25-15-29/h5-6,11-15,18H,7-10H2,1-4H3,(H,26,28). The van der Waals surface area contributed by atoms with Crippen molar-refractivity contribution < 1.29 is 8.95 Å². The van der Waals surface area contributed by atoms with E-state index < -0.39 is 11.0 Å². The van der Waals surface area contributed by atoms with Crippen molar-refractivity contribution in [3.8, 4) is 11.4 Å². The molecule has 1 saturated heterocycles. The third-order valence-corrected chi connectivity index (χ3v) is 7.37. The van der Waals surface area contributed by atoms with E-state index in [4.69, 9.17) is 9.72 Å². The minimum Gasteiger partial charge on any atom is -0.494 e. The van der Waals surface area contributed by atoms with Gasteiger partial charge in [0.25, 0.3) is 0 Å². The number of anilines is 2. The molecule has 5 rings (SSSR count). The Morgan fingerprint density at radius 3 is 2.62 bits per heavy atom. The van der Waals surface area contributed by atoms with E-state index in [-0.39, 0.29) is 0 Å². The molecular formula is C24H29N7O2S. The Hall–Kier alpha value is -3.24. The summed E-state index contributed by atoms with van der Waals surface area (Å²) in [6.07, 6.45) is 9.40. The number of hydrogen-bond donors (Lipinski definition) is 1. The van der Waals surface area contributed by atoms with Crippen molar-refractivity contribution in [3.63, 3.8) is 0 Å². The molecular weight excluding hydrogens is 450 g/mol. The molecule has 0 amide bonds. The summed E-state index contributed by atoms with van der Waals surface area (Å²) in [5.41, 5.74) is 5.89. The Balaban J connectivity index is 1.42. The van der Waals surface area contributed by atoms with Gasteiger partial charge in [0.15, 0.2) is 5.65 Å². The summed E-state index contributed by atoms with van der Waals surface area (Å²) in [5.74, 6) is 1.63. The molecule has 1 unspecified atom stereocenters. The SMILES string of the molecule is COc1cc(Nc2nc3c(C4CCN(S(C)=O)CC4)cc(C)cn3n2)ccc1-n1cnc(C)c1. The Morgan fingerprint density at radius 1 is 1.15 bits per heavy atom. The maximum atomic E-state index is 11.8. The van der Waals surface area contributed by atoms with E-state index in [1.165, 1.54) is 5.56 Å². The lowest BCUT2D eigenvalue weighted by atomic mass is 9.90. The van der Waals surface area contributed by atoms with Gasteiger partial charge in [0.2, 0.25) is 5.95 Å². The number of aryl methyl sites for hydroxylation is 2. The first-order chi connectivity index (χ1) is 16.4. The van der Waals surface area contributed by atoms with Gasteiger partial charge < -0.3 is 14.6 Å². The Bertz CT molecular complexity index is 1350. The Morgan fingerprint density at radius 2 is 1.94 bits per heavy atom. The highest BCUT2D eigenvalue weighted by Crippen LogP contribution is 2.33. The Kier molecular flexibility index (Phi) is 6.09. The summed E-state index contributed by atoms with van der Waals surface area (Å²) in [7, 11) is 0.742. The van der Waals surface area contributed by atoms with Gasteiger partial charge in [-0.3, -0.25) is 0 Å². The number of nitrogens with zero attached hydrogens (tertiary/aromatic N) is 6. The summed E-state index contributed by atoms with van der Waals surface area (Å²) < 4.78 is 23.3. The van der Waals surface area contributed by atoms with Crippen LogP contribution in [0.15, 0.2) is 43.0 Å². The number of aromatic nitrogens is 5. The molecule has 0 bridgehead atoms. The van der Waals surface area contributed by atoms with Crippen LogP contribution in [0.3, 0.4) is 0 Å². The smallest absolute Gasteiger partial charge is 0.247 e. The largest absolute Gasteiger partial charge is 0.494 e. The van der Waals surface area contributed by atoms with Crippen molar-refractivity contribution in [2.24, 2.45) is 0 Å². The van der Waals surface area contributed by atoms with E-state index in [1.807, 2.05) is 50.9 Å². The van der Waals surface area contributed by atoms with Crippen molar-refractivity contribution in [1.82, 2.24) is 28.5 Å². The average molecular weight is 480 g/mol. The van der Waals surface area contributed by atoms with E-state index in [2.05, 4.69) is 28.4 Å². The van der Waals surface area contributed by atoms with Crippen LogP contribution < -0.4 is 10.1 Å².